The van der Waals surface area contributed by atoms with Gasteiger partial charge in [-0.05, 0) is 30.5 Å². The first kappa shape index (κ1) is 15.9. The summed E-state index contributed by atoms with van der Waals surface area (Å²) in [6.45, 7) is -0.0381. The van der Waals surface area contributed by atoms with Crippen LogP contribution in [-0.2, 0) is 11.3 Å². The van der Waals surface area contributed by atoms with Crippen molar-refractivity contribution in [3.63, 3.8) is 0 Å². The molecule has 0 aromatic heterocycles. The molecule has 0 radical (unpaired) electrons. The van der Waals surface area contributed by atoms with Crippen molar-refractivity contribution in [2.45, 2.75) is 57.0 Å². The Hall–Kier alpha value is -1.98. The Morgan fingerprint density at radius 1 is 1.00 bits per heavy atom. The second kappa shape index (κ2) is 6.26. The molecule has 4 nitrogen and oxygen atoms in total. The molecule has 0 bridgehead atoms. The molecule has 1 aliphatic heterocycles. The van der Waals surface area contributed by atoms with Gasteiger partial charge in [-0.15, -0.1) is 0 Å². The van der Waals surface area contributed by atoms with E-state index >= 15 is 0 Å². The Morgan fingerprint density at radius 2 is 1.65 bits per heavy atom. The maximum Gasteiger partial charge on any atom is 0.325 e. The summed E-state index contributed by atoms with van der Waals surface area (Å²) in [7, 11) is 0. The molecule has 1 saturated heterocycles. The minimum Gasteiger partial charge on any atom is -0.323 e. The molecule has 2 aliphatic rings. The van der Waals surface area contributed by atoms with Crippen LogP contribution in [0.4, 0.5) is 13.6 Å². The third kappa shape index (κ3) is 3.07. The van der Waals surface area contributed by atoms with Gasteiger partial charge in [0.1, 0.15) is 5.54 Å². The topological polar surface area (TPSA) is 49.4 Å². The van der Waals surface area contributed by atoms with Crippen molar-refractivity contribution in [3.05, 3.63) is 35.4 Å². The molecule has 1 spiro atoms. The molecule has 23 heavy (non-hydrogen) atoms. The second-order valence-corrected chi connectivity index (χ2v) is 6.42. The van der Waals surface area contributed by atoms with Gasteiger partial charge >= 0.3 is 6.03 Å². The first-order valence-corrected chi connectivity index (χ1v) is 8.10. The van der Waals surface area contributed by atoms with E-state index < -0.39 is 23.2 Å². The van der Waals surface area contributed by atoms with Gasteiger partial charge in [-0.25, -0.2) is 13.6 Å². The zero-order chi connectivity index (χ0) is 16.4. The number of urea groups is 1. The number of carbonyl (C=O) groups excluding carboxylic acids is 2. The van der Waals surface area contributed by atoms with Crippen LogP contribution in [0.15, 0.2) is 18.2 Å². The highest BCUT2D eigenvalue weighted by molar-refractivity contribution is 6.06. The summed E-state index contributed by atoms with van der Waals surface area (Å²) in [5.74, 6) is -2.16. The highest BCUT2D eigenvalue weighted by Gasteiger charge is 2.50. The van der Waals surface area contributed by atoms with Gasteiger partial charge in [0.2, 0.25) is 0 Å². The van der Waals surface area contributed by atoms with Gasteiger partial charge in [-0.1, -0.05) is 38.2 Å². The van der Waals surface area contributed by atoms with Gasteiger partial charge in [0.15, 0.2) is 11.6 Å². The average molecular weight is 322 g/mol. The SMILES string of the molecule is O=C1NC2(CCCCCCC2)C(=O)N1Cc1ccc(F)c(F)c1. The lowest BCUT2D eigenvalue weighted by molar-refractivity contribution is -0.132. The lowest BCUT2D eigenvalue weighted by atomic mass is 9.84. The third-order valence-corrected chi connectivity index (χ3v) is 4.78. The fraction of sp³-hybridized carbons (Fsp3) is 0.529. The fourth-order valence-corrected chi connectivity index (χ4v) is 3.49. The zero-order valence-corrected chi connectivity index (χ0v) is 12.9. The van der Waals surface area contributed by atoms with Crippen molar-refractivity contribution in [2.75, 3.05) is 0 Å². The van der Waals surface area contributed by atoms with E-state index in [4.69, 9.17) is 0 Å². The number of imide groups is 1. The lowest BCUT2D eigenvalue weighted by Gasteiger charge is -2.28. The number of carbonyl (C=O) groups is 2. The number of rotatable bonds is 2. The van der Waals surface area contributed by atoms with Gasteiger partial charge in [-0.2, -0.15) is 0 Å². The average Bonchev–Trinajstić information content (AvgIpc) is 2.72. The molecule has 2 fully saturated rings. The highest BCUT2D eigenvalue weighted by Crippen LogP contribution is 2.32. The number of halogens is 2. The second-order valence-electron chi connectivity index (χ2n) is 6.42. The van der Waals surface area contributed by atoms with Gasteiger partial charge in [0, 0.05) is 0 Å². The van der Waals surface area contributed by atoms with Crippen LogP contribution in [0.2, 0.25) is 0 Å². The fourth-order valence-electron chi connectivity index (χ4n) is 3.49. The normalized spacial score (nSPS) is 21.2. The molecule has 1 aromatic rings. The number of amides is 3. The summed E-state index contributed by atoms with van der Waals surface area (Å²) in [6, 6.07) is 2.98. The zero-order valence-electron chi connectivity index (χ0n) is 12.9. The number of nitrogens with zero attached hydrogens (tertiary/aromatic N) is 1. The maximum atomic E-state index is 13.3. The van der Waals surface area contributed by atoms with Crippen molar-refractivity contribution in [2.24, 2.45) is 0 Å². The Kier molecular flexibility index (Phi) is 4.33. The first-order chi connectivity index (χ1) is 11.0. The van der Waals surface area contributed by atoms with Crippen molar-refractivity contribution >= 4 is 11.9 Å². The van der Waals surface area contributed by atoms with Crippen molar-refractivity contribution in [1.29, 1.82) is 0 Å². The van der Waals surface area contributed by atoms with Crippen LogP contribution in [-0.4, -0.2) is 22.4 Å². The molecule has 124 valence electrons. The smallest absolute Gasteiger partial charge is 0.323 e. The Labute approximate surface area is 133 Å². The monoisotopic (exact) mass is 322 g/mol. The molecule has 0 unspecified atom stereocenters. The molecule has 1 aliphatic carbocycles. The summed E-state index contributed by atoms with van der Waals surface area (Å²) in [6.07, 6.45) is 6.40. The summed E-state index contributed by atoms with van der Waals surface area (Å²) >= 11 is 0. The van der Waals surface area contributed by atoms with Crippen molar-refractivity contribution in [1.82, 2.24) is 10.2 Å². The van der Waals surface area contributed by atoms with Gasteiger partial charge in [0.05, 0.1) is 6.54 Å². The summed E-state index contributed by atoms with van der Waals surface area (Å²) in [4.78, 5) is 26.1. The van der Waals surface area contributed by atoms with Crippen LogP contribution in [0.3, 0.4) is 0 Å². The quantitative estimate of drug-likeness (QED) is 0.847. The van der Waals surface area contributed by atoms with E-state index in [0.29, 0.717) is 18.4 Å². The molecular weight excluding hydrogens is 302 g/mol. The number of hydrogen-bond donors (Lipinski definition) is 1. The Bertz CT molecular complexity index is 625. The van der Waals surface area contributed by atoms with Gasteiger partial charge in [0.25, 0.3) is 5.91 Å². The van der Waals surface area contributed by atoms with Crippen LogP contribution in [0.25, 0.3) is 0 Å². The molecule has 1 saturated carbocycles. The molecule has 1 N–H and O–H groups in total. The number of hydrogen-bond acceptors (Lipinski definition) is 2. The van der Waals surface area contributed by atoms with E-state index in [1.807, 2.05) is 0 Å². The largest absolute Gasteiger partial charge is 0.325 e. The molecule has 3 amide bonds. The van der Waals surface area contributed by atoms with Crippen molar-refractivity contribution < 1.29 is 18.4 Å². The van der Waals surface area contributed by atoms with E-state index in [1.165, 1.54) is 6.07 Å². The Morgan fingerprint density at radius 3 is 2.30 bits per heavy atom. The van der Waals surface area contributed by atoms with Crippen LogP contribution in [0.5, 0.6) is 0 Å². The highest BCUT2D eigenvalue weighted by atomic mass is 19.2. The van der Waals surface area contributed by atoms with Gasteiger partial charge in [-0.3, -0.25) is 9.69 Å². The first-order valence-electron chi connectivity index (χ1n) is 8.10. The minimum absolute atomic E-state index is 0.0381. The number of nitrogens with one attached hydrogen (secondary N) is 1. The lowest BCUT2D eigenvalue weighted by Crippen LogP contribution is -2.47. The van der Waals surface area contributed by atoms with Crippen molar-refractivity contribution in [3.8, 4) is 0 Å². The number of benzene rings is 1. The summed E-state index contributed by atoms with van der Waals surface area (Å²) < 4.78 is 26.3. The van der Waals surface area contributed by atoms with E-state index in [1.54, 1.807) is 0 Å². The standard InChI is InChI=1S/C17H20F2N2O2/c18-13-7-6-12(10-14(13)19)11-21-15(22)17(20-16(21)23)8-4-2-1-3-5-9-17/h6-7,10H,1-5,8-9,11H2,(H,20,23). The molecule has 1 aromatic carbocycles. The van der Waals surface area contributed by atoms with Crippen LogP contribution in [0.1, 0.15) is 50.5 Å². The maximum absolute atomic E-state index is 13.3. The molecule has 0 atom stereocenters. The van der Waals surface area contributed by atoms with E-state index in [9.17, 15) is 18.4 Å². The summed E-state index contributed by atoms with van der Waals surface area (Å²) in [5, 5.41) is 2.85. The van der Waals surface area contributed by atoms with Crippen LogP contribution < -0.4 is 5.32 Å². The third-order valence-electron chi connectivity index (χ3n) is 4.78. The molecular formula is C17H20F2N2O2. The molecule has 6 heteroatoms. The van der Waals surface area contributed by atoms with Crippen LogP contribution >= 0.6 is 0 Å². The predicted molar refractivity (Wildman–Crippen MR) is 80.5 cm³/mol. The van der Waals surface area contributed by atoms with Gasteiger partial charge < -0.3 is 5.32 Å². The Balaban J connectivity index is 1.78. The van der Waals surface area contributed by atoms with E-state index in [0.717, 1.165) is 49.1 Å². The minimum atomic E-state index is -0.977. The predicted octanol–water partition coefficient (Wildman–Crippen LogP) is 3.50. The van der Waals surface area contributed by atoms with E-state index in [-0.39, 0.29) is 12.5 Å². The molecule has 1 heterocycles. The van der Waals surface area contributed by atoms with Crippen LogP contribution in [0, 0.1) is 11.6 Å². The molecule has 3 rings (SSSR count). The summed E-state index contributed by atoms with van der Waals surface area (Å²) in [5.41, 5.74) is -0.411. The van der Waals surface area contributed by atoms with E-state index in [2.05, 4.69) is 5.32 Å².